The van der Waals surface area contributed by atoms with Gasteiger partial charge in [0.1, 0.15) is 5.54 Å². The third-order valence-electron chi connectivity index (χ3n) is 4.67. The van der Waals surface area contributed by atoms with Crippen LogP contribution in [0.25, 0.3) is 0 Å². The van der Waals surface area contributed by atoms with Crippen molar-refractivity contribution in [2.75, 3.05) is 0 Å². The molecule has 0 saturated heterocycles. The molecular weight excluding hydrogens is 192 g/mol. The van der Waals surface area contributed by atoms with E-state index in [4.69, 9.17) is 11.5 Å². The molecule has 0 amide bonds. The molecule has 2 saturated carbocycles. The first-order valence-corrected chi connectivity index (χ1v) is 5.75. The molecule has 15 heavy (non-hydrogen) atoms. The quantitative estimate of drug-likeness (QED) is 0.642. The van der Waals surface area contributed by atoms with Crippen LogP contribution in [0.4, 0.5) is 0 Å². The van der Waals surface area contributed by atoms with Gasteiger partial charge in [-0.2, -0.15) is 0 Å². The zero-order chi connectivity index (χ0) is 11.3. The molecular formula is C11H20N2O2. The average Bonchev–Trinajstić information content (AvgIpc) is 2.75. The van der Waals surface area contributed by atoms with Crippen LogP contribution in [0.15, 0.2) is 0 Å². The number of rotatable bonds is 3. The highest BCUT2D eigenvalue weighted by Gasteiger charge is 2.60. The Bertz CT molecular complexity index is 294. The van der Waals surface area contributed by atoms with Gasteiger partial charge in [-0.05, 0) is 37.5 Å². The molecule has 2 rings (SSSR count). The van der Waals surface area contributed by atoms with Crippen LogP contribution in [-0.4, -0.2) is 22.2 Å². The molecule has 2 aliphatic rings. The maximum atomic E-state index is 11.3. The lowest BCUT2D eigenvalue weighted by Crippen LogP contribution is -2.71. The van der Waals surface area contributed by atoms with Gasteiger partial charge in [0.15, 0.2) is 0 Å². The van der Waals surface area contributed by atoms with Crippen molar-refractivity contribution in [3.05, 3.63) is 0 Å². The van der Waals surface area contributed by atoms with Gasteiger partial charge in [0.2, 0.25) is 0 Å². The monoisotopic (exact) mass is 212 g/mol. The number of aliphatic carboxylic acids is 1. The Labute approximate surface area is 90.0 Å². The van der Waals surface area contributed by atoms with E-state index in [0.717, 1.165) is 19.3 Å². The lowest BCUT2D eigenvalue weighted by atomic mass is 9.67. The maximum absolute atomic E-state index is 11.3. The number of carboxylic acid groups (broad SMARTS) is 1. The molecule has 4 atom stereocenters. The van der Waals surface area contributed by atoms with Crippen molar-refractivity contribution in [1.82, 2.24) is 0 Å². The second-order valence-corrected chi connectivity index (χ2v) is 5.25. The molecule has 86 valence electrons. The van der Waals surface area contributed by atoms with E-state index in [2.05, 4.69) is 0 Å². The molecule has 0 heterocycles. The highest BCUT2D eigenvalue weighted by atomic mass is 16.4. The minimum absolute atomic E-state index is 0.309. The Kier molecular flexibility index (Phi) is 2.32. The molecule has 5 N–H and O–H groups in total. The summed E-state index contributed by atoms with van der Waals surface area (Å²) in [5, 5.41) is 9.28. The molecule has 4 nitrogen and oxygen atoms in total. The summed E-state index contributed by atoms with van der Waals surface area (Å²) in [7, 11) is 0. The van der Waals surface area contributed by atoms with Crippen molar-refractivity contribution in [3.8, 4) is 0 Å². The maximum Gasteiger partial charge on any atom is 0.325 e. The Hall–Kier alpha value is -0.610. The predicted octanol–water partition coefficient (Wildman–Crippen LogP) is 0.696. The van der Waals surface area contributed by atoms with E-state index in [0.29, 0.717) is 18.3 Å². The van der Waals surface area contributed by atoms with Crippen molar-refractivity contribution in [1.29, 1.82) is 0 Å². The second-order valence-electron chi connectivity index (χ2n) is 5.25. The fraction of sp³-hybridized carbons (Fsp3) is 0.909. The largest absolute Gasteiger partial charge is 0.480 e. The normalized spacial score (nSPS) is 42.9. The summed E-state index contributed by atoms with van der Waals surface area (Å²) < 4.78 is 0. The first kappa shape index (κ1) is 10.9. The Morgan fingerprint density at radius 3 is 2.60 bits per heavy atom. The molecule has 2 fully saturated rings. The van der Waals surface area contributed by atoms with E-state index in [-0.39, 0.29) is 0 Å². The Balaban J connectivity index is 2.32. The van der Waals surface area contributed by atoms with Gasteiger partial charge < -0.3 is 16.6 Å². The van der Waals surface area contributed by atoms with Crippen molar-refractivity contribution in [2.24, 2.45) is 23.3 Å². The molecule has 4 heteroatoms. The van der Waals surface area contributed by atoms with Gasteiger partial charge in [-0.3, -0.25) is 4.79 Å². The molecule has 0 spiro atoms. The van der Waals surface area contributed by atoms with Crippen LogP contribution in [0.2, 0.25) is 0 Å². The van der Waals surface area contributed by atoms with Crippen LogP contribution in [-0.2, 0) is 4.79 Å². The van der Waals surface area contributed by atoms with E-state index in [1.54, 1.807) is 0 Å². The zero-order valence-corrected chi connectivity index (χ0v) is 9.20. The molecule has 0 aromatic heterocycles. The number of nitrogens with two attached hydrogens (primary N) is 2. The smallest absolute Gasteiger partial charge is 0.325 e. The number of hydrogen-bond donors (Lipinski definition) is 3. The predicted molar refractivity (Wildman–Crippen MR) is 57.2 cm³/mol. The Morgan fingerprint density at radius 1 is 1.60 bits per heavy atom. The Morgan fingerprint density at radius 2 is 2.27 bits per heavy atom. The lowest BCUT2D eigenvalue weighted by molar-refractivity contribution is -0.147. The van der Waals surface area contributed by atoms with Crippen molar-refractivity contribution in [2.45, 2.75) is 50.1 Å². The molecule has 2 aliphatic carbocycles. The van der Waals surface area contributed by atoms with Crippen LogP contribution in [0.5, 0.6) is 0 Å². The van der Waals surface area contributed by atoms with Gasteiger partial charge in [0, 0.05) is 5.54 Å². The first-order valence-electron chi connectivity index (χ1n) is 5.75. The van der Waals surface area contributed by atoms with Crippen molar-refractivity contribution in [3.63, 3.8) is 0 Å². The van der Waals surface area contributed by atoms with Gasteiger partial charge in [-0.25, -0.2) is 0 Å². The topological polar surface area (TPSA) is 89.3 Å². The fourth-order valence-electron chi connectivity index (χ4n) is 3.60. The highest BCUT2D eigenvalue weighted by molar-refractivity contribution is 5.81. The third kappa shape index (κ3) is 1.24. The molecule has 0 radical (unpaired) electrons. The third-order valence-corrected chi connectivity index (χ3v) is 4.67. The van der Waals surface area contributed by atoms with Gasteiger partial charge in [0.05, 0.1) is 0 Å². The molecule has 0 aromatic rings. The van der Waals surface area contributed by atoms with E-state index < -0.39 is 17.0 Å². The summed E-state index contributed by atoms with van der Waals surface area (Å²) in [5.74, 6) is -0.0302. The summed E-state index contributed by atoms with van der Waals surface area (Å²) in [6.07, 6.45) is 4.51. The zero-order valence-electron chi connectivity index (χ0n) is 9.20. The van der Waals surface area contributed by atoms with Crippen LogP contribution in [0.1, 0.15) is 39.0 Å². The summed E-state index contributed by atoms with van der Waals surface area (Å²) >= 11 is 0. The van der Waals surface area contributed by atoms with E-state index in [1.165, 1.54) is 6.42 Å². The first-order chi connectivity index (χ1) is 6.94. The van der Waals surface area contributed by atoms with Crippen LogP contribution in [0.3, 0.4) is 0 Å². The van der Waals surface area contributed by atoms with Crippen molar-refractivity contribution >= 4 is 5.97 Å². The van der Waals surface area contributed by atoms with Crippen LogP contribution < -0.4 is 11.5 Å². The van der Waals surface area contributed by atoms with Gasteiger partial charge in [-0.15, -0.1) is 0 Å². The van der Waals surface area contributed by atoms with Gasteiger partial charge >= 0.3 is 5.97 Å². The summed E-state index contributed by atoms with van der Waals surface area (Å²) in [4.78, 5) is 11.3. The number of carboxylic acids is 1. The average molecular weight is 212 g/mol. The summed E-state index contributed by atoms with van der Waals surface area (Å²) in [5.41, 5.74) is 10.4. The summed E-state index contributed by atoms with van der Waals surface area (Å²) in [6.45, 7) is 1.81. The van der Waals surface area contributed by atoms with Crippen LogP contribution in [0, 0.1) is 11.8 Å². The molecule has 0 aromatic carbocycles. The lowest BCUT2D eigenvalue weighted by Gasteiger charge is -2.45. The number of carbonyl (C=O) groups is 1. The highest BCUT2D eigenvalue weighted by Crippen LogP contribution is 2.53. The van der Waals surface area contributed by atoms with E-state index in [9.17, 15) is 9.90 Å². The van der Waals surface area contributed by atoms with Crippen molar-refractivity contribution < 1.29 is 9.90 Å². The minimum Gasteiger partial charge on any atom is -0.480 e. The van der Waals surface area contributed by atoms with Gasteiger partial charge in [0.25, 0.3) is 0 Å². The fourth-order valence-corrected chi connectivity index (χ4v) is 3.60. The number of hydrogen-bond acceptors (Lipinski definition) is 3. The van der Waals surface area contributed by atoms with E-state index in [1.807, 2.05) is 6.92 Å². The standard InChI is InChI=1S/C11H20N2O2/c1-2-10(12,9(14)15)11(13)6-7-3-4-8(11)5-7/h7-8H,2-6,12-13H2,1H3,(H,14,15). The second kappa shape index (κ2) is 3.19. The van der Waals surface area contributed by atoms with Gasteiger partial charge in [-0.1, -0.05) is 13.3 Å². The molecule has 4 unspecified atom stereocenters. The number of fused-ring (bicyclic) bond motifs is 2. The molecule has 0 aliphatic heterocycles. The minimum atomic E-state index is -1.24. The van der Waals surface area contributed by atoms with Crippen LogP contribution >= 0.6 is 0 Å². The summed E-state index contributed by atoms with van der Waals surface area (Å²) in [6, 6.07) is 0. The SMILES string of the molecule is CCC(N)(C(=O)O)C1(N)CC2CCC1C2. The van der Waals surface area contributed by atoms with E-state index >= 15 is 0 Å². The molecule has 2 bridgehead atoms.